The molecule has 0 bridgehead atoms. The summed E-state index contributed by atoms with van der Waals surface area (Å²) in [5.41, 5.74) is 1.95. The zero-order chi connectivity index (χ0) is 26.6. The zero-order valence-corrected chi connectivity index (χ0v) is 23.4. The fourth-order valence-corrected chi connectivity index (χ4v) is 6.64. The number of benzene rings is 1. The third-order valence-corrected chi connectivity index (χ3v) is 8.80. The fraction of sp³-hybridized carbons (Fsp3) is 0.429. The van der Waals surface area contributed by atoms with Gasteiger partial charge in [-0.2, -0.15) is 5.26 Å². The molecule has 1 aliphatic rings. The highest BCUT2D eigenvalue weighted by Crippen LogP contribution is 2.44. The molecule has 7 nitrogen and oxygen atoms in total. The topological polar surface area (TPSA) is 92.8 Å². The molecule has 194 valence electrons. The van der Waals surface area contributed by atoms with Crippen LogP contribution >= 0.6 is 23.1 Å². The standard InChI is InChI=1S/C28H33N5O2S2/c1-6-14-33-25(18(2)35-20-10-8-7-9-11-20)31-32-27(33)36-17-24(34)30-26-22(16-29)21-13-12-19(28(3,4)5)15-23(21)37-26/h6-11,18-19H,1,12-15,17H2,2-5H3,(H,30,34). The smallest absolute Gasteiger partial charge is 0.235 e. The van der Waals surface area contributed by atoms with Crippen molar-refractivity contribution in [2.75, 3.05) is 11.1 Å². The van der Waals surface area contributed by atoms with E-state index in [0.717, 1.165) is 30.6 Å². The van der Waals surface area contributed by atoms with Crippen LogP contribution in [0, 0.1) is 22.7 Å². The first-order valence-corrected chi connectivity index (χ1v) is 14.2. The molecule has 1 amide bonds. The van der Waals surface area contributed by atoms with Gasteiger partial charge >= 0.3 is 0 Å². The number of aromatic nitrogens is 3. The maximum Gasteiger partial charge on any atom is 0.235 e. The Kier molecular flexibility index (Phi) is 8.40. The highest BCUT2D eigenvalue weighted by Gasteiger charge is 2.32. The van der Waals surface area contributed by atoms with Crippen molar-refractivity contribution in [2.45, 2.75) is 64.8 Å². The summed E-state index contributed by atoms with van der Waals surface area (Å²) in [5, 5.41) is 22.7. The van der Waals surface area contributed by atoms with Crippen molar-refractivity contribution in [3.63, 3.8) is 0 Å². The predicted octanol–water partition coefficient (Wildman–Crippen LogP) is 6.42. The van der Waals surface area contributed by atoms with Gasteiger partial charge in [0.2, 0.25) is 5.91 Å². The van der Waals surface area contributed by atoms with Crippen molar-refractivity contribution in [1.29, 1.82) is 5.26 Å². The number of carbonyl (C=O) groups is 1. The maximum atomic E-state index is 12.9. The van der Waals surface area contributed by atoms with Crippen LogP contribution in [0.4, 0.5) is 5.00 Å². The second-order valence-electron chi connectivity index (χ2n) is 10.3. The number of amides is 1. The number of thiophene rings is 1. The Bertz CT molecular complexity index is 1300. The molecule has 1 aliphatic carbocycles. The van der Waals surface area contributed by atoms with Gasteiger partial charge in [-0.05, 0) is 55.2 Å². The van der Waals surface area contributed by atoms with E-state index in [0.29, 0.717) is 34.0 Å². The molecule has 9 heteroatoms. The van der Waals surface area contributed by atoms with Crippen LogP contribution in [0.3, 0.4) is 0 Å². The van der Waals surface area contributed by atoms with Gasteiger partial charge in [-0.3, -0.25) is 9.36 Å². The highest BCUT2D eigenvalue weighted by atomic mass is 32.2. The molecule has 4 rings (SSSR count). The van der Waals surface area contributed by atoms with Gasteiger partial charge in [0.15, 0.2) is 17.1 Å². The molecule has 37 heavy (non-hydrogen) atoms. The van der Waals surface area contributed by atoms with Gasteiger partial charge in [0.25, 0.3) is 0 Å². The first-order chi connectivity index (χ1) is 17.7. The molecule has 0 spiro atoms. The molecule has 0 radical (unpaired) electrons. The first kappa shape index (κ1) is 27.0. The molecule has 0 saturated carbocycles. The van der Waals surface area contributed by atoms with Gasteiger partial charge in [0.05, 0.1) is 11.3 Å². The molecule has 2 atom stereocenters. The largest absolute Gasteiger partial charge is 0.483 e. The Morgan fingerprint density at radius 2 is 2.14 bits per heavy atom. The summed E-state index contributed by atoms with van der Waals surface area (Å²) in [4.78, 5) is 14.1. The highest BCUT2D eigenvalue weighted by molar-refractivity contribution is 7.99. The molecule has 1 N–H and O–H groups in total. The van der Waals surface area contributed by atoms with Crippen LogP contribution in [0.1, 0.15) is 62.0 Å². The second kappa shape index (κ2) is 11.5. The molecule has 0 saturated heterocycles. The van der Waals surface area contributed by atoms with Crippen LogP contribution in [0.2, 0.25) is 0 Å². The van der Waals surface area contributed by atoms with Crippen LogP contribution < -0.4 is 10.1 Å². The zero-order valence-electron chi connectivity index (χ0n) is 21.8. The Hall–Kier alpha value is -3.09. The van der Waals surface area contributed by atoms with Crippen molar-refractivity contribution >= 4 is 34.0 Å². The molecule has 2 unspecified atom stereocenters. The first-order valence-electron chi connectivity index (χ1n) is 12.4. The number of rotatable bonds is 9. The van der Waals surface area contributed by atoms with E-state index in [1.807, 2.05) is 41.8 Å². The number of fused-ring (bicyclic) bond motifs is 1. The molecule has 2 aromatic heterocycles. The van der Waals surface area contributed by atoms with Crippen molar-refractivity contribution in [3.05, 3.63) is 64.8 Å². The summed E-state index contributed by atoms with van der Waals surface area (Å²) in [5.74, 6) is 1.97. The van der Waals surface area contributed by atoms with Gasteiger partial charge < -0.3 is 10.1 Å². The fourth-order valence-electron chi connectivity index (χ4n) is 4.59. The number of nitrogens with one attached hydrogen (secondary N) is 1. The predicted molar refractivity (Wildman–Crippen MR) is 149 cm³/mol. The number of nitriles is 1. The SMILES string of the molecule is C=CCn1c(SCC(=O)Nc2sc3c(c2C#N)CCC(C(C)(C)C)C3)nnc1C(C)Oc1ccccc1. The Morgan fingerprint density at radius 3 is 2.81 bits per heavy atom. The van der Waals surface area contributed by atoms with Gasteiger partial charge in [0.1, 0.15) is 16.8 Å². The van der Waals surface area contributed by atoms with Crippen LogP contribution in [0.5, 0.6) is 5.75 Å². The lowest BCUT2D eigenvalue weighted by Gasteiger charge is -2.33. The quantitative estimate of drug-likeness (QED) is 0.251. The van der Waals surface area contributed by atoms with E-state index in [1.54, 1.807) is 17.4 Å². The molecule has 0 aliphatic heterocycles. The van der Waals surface area contributed by atoms with Crippen molar-refractivity contribution < 1.29 is 9.53 Å². The van der Waals surface area contributed by atoms with Crippen molar-refractivity contribution in [3.8, 4) is 11.8 Å². The van der Waals surface area contributed by atoms with E-state index in [2.05, 4.69) is 48.9 Å². The molecule has 3 aromatic rings. The van der Waals surface area contributed by atoms with Gasteiger partial charge in [0, 0.05) is 11.4 Å². The van der Waals surface area contributed by atoms with E-state index in [-0.39, 0.29) is 23.2 Å². The summed E-state index contributed by atoms with van der Waals surface area (Å²) in [7, 11) is 0. The number of nitrogens with zero attached hydrogens (tertiary/aromatic N) is 4. The minimum atomic E-state index is -0.328. The summed E-state index contributed by atoms with van der Waals surface area (Å²) in [6.07, 6.45) is 4.36. The Labute approximate surface area is 226 Å². The van der Waals surface area contributed by atoms with Gasteiger partial charge in [-0.25, -0.2) is 0 Å². The normalized spacial score (nSPS) is 15.9. The van der Waals surface area contributed by atoms with E-state index >= 15 is 0 Å². The van der Waals surface area contributed by atoms with Crippen molar-refractivity contribution in [2.24, 2.45) is 11.3 Å². The summed E-state index contributed by atoms with van der Waals surface area (Å²) in [6, 6.07) is 11.9. The average Bonchev–Trinajstić information content (AvgIpc) is 3.42. The maximum absolute atomic E-state index is 12.9. The Morgan fingerprint density at radius 1 is 1.38 bits per heavy atom. The number of hydrogen-bond acceptors (Lipinski definition) is 7. The van der Waals surface area contributed by atoms with E-state index < -0.39 is 0 Å². The number of carbonyl (C=O) groups excluding carboxylic acids is 1. The molecule has 1 aromatic carbocycles. The lowest BCUT2D eigenvalue weighted by atomic mass is 9.72. The monoisotopic (exact) mass is 535 g/mol. The second-order valence-corrected chi connectivity index (χ2v) is 12.3. The van der Waals surface area contributed by atoms with E-state index in [9.17, 15) is 10.1 Å². The molecule has 2 heterocycles. The number of ether oxygens (including phenoxy) is 1. The van der Waals surface area contributed by atoms with E-state index in [4.69, 9.17) is 4.74 Å². The number of thioether (sulfide) groups is 1. The van der Waals surface area contributed by atoms with Crippen LogP contribution in [0.25, 0.3) is 0 Å². The molecular weight excluding hydrogens is 502 g/mol. The van der Waals surface area contributed by atoms with Crippen LogP contribution in [0.15, 0.2) is 48.1 Å². The minimum absolute atomic E-state index is 0.154. The third kappa shape index (κ3) is 6.25. The average molecular weight is 536 g/mol. The lowest BCUT2D eigenvalue weighted by molar-refractivity contribution is -0.113. The van der Waals surface area contributed by atoms with Crippen molar-refractivity contribution in [1.82, 2.24) is 14.8 Å². The summed E-state index contributed by atoms with van der Waals surface area (Å²) >= 11 is 2.86. The summed E-state index contributed by atoms with van der Waals surface area (Å²) < 4.78 is 7.94. The molecular formula is C28H33N5O2S2. The van der Waals surface area contributed by atoms with E-state index in [1.165, 1.54) is 16.6 Å². The van der Waals surface area contributed by atoms with Crippen LogP contribution in [-0.2, 0) is 24.2 Å². The number of allylic oxidation sites excluding steroid dienone is 1. The molecule has 0 fully saturated rings. The lowest BCUT2D eigenvalue weighted by Crippen LogP contribution is -2.26. The Balaban J connectivity index is 1.43. The number of anilines is 1. The minimum Gasteiger partial charge on any atom is -0.483 e. The summed E-state index contributed by atoms with van der Waals surface area (Å²) in [6.45, 7) is 13.1. The number of para-hydroxylation sites is 1. The number of hydrogen-bond donors (Lipinski definition) is 1. The van der Waals surface area contributed by atoms with Gasteiger partial charge in [-0.15, -0.1) is 28.1 Å². The van der Waals surface area contributed by atoms with Gasteiger partial charge in [-0.1, -0.05) is 56.8 Å². The third-order valence-electron chi connectivity index (χ3n) is 6.66. The van der Waals surface area contributed by atoms with Crippen LogP contribution in [-0.4, -0.2) is 26.4 Å².